The van der Waals surface area contributed by atoms with Crippen LogP contribution in [0.3, 0.4) is 0 Å². The molecule has 0 saturated carbocycles. The van der Waals surface area contributed by atoms with Crippen LogP contribution >= 0.6 is 11.6 Å². The molecule has 0 aliphatic carbocycles. The SMILES string of the molecule is CC(=O)Oc1ccc(Cl)cc1/C=C/C=O. The number of ether oxygens (including phenoxy) is 1. The Morgan fingerprint density at radius 3 is 2.80 bits per heavy atom. The number of carbonyl (C=O) groups is 2. The first-order chi connectivity index (χ1) is 7.13. The molecule has 0 amide bonds. The van der Waals surface area contributed by atoms with Crippen molar-refractivity contribution in [1.82, 2.24) is 0 Å². The van der Waals surface area contributed by atoms with Gasteiger partial charge in [0.1, 0.15) is 12.0 Å². The lowest BCUT2D eigenvalue weighted by molar-refractivity contribution is -0.131. The topological polar surface area (TPSA) is 43.4 Å². The Hall–Kier alpha value is -1.61. The van der Waals surface area contributed by atoms with Crippen molar-refractivity contribution in [3.05, 3.63) is 34.9 Å². The number of halogens is 1. The van der Waals surface area contributed by atoms with Crippen molar-refractivity contribution in [3.63, 3.8) is 0 Å². The molecule has 78 valence electrons. The summed E-state index contributed by atoms with van der Waals surface area (Å²) in [6.07, 6.45) is 3.47. The molecule has 0 aliphatic heterocycles. The number of hydrogen-bond acceptors (Lipinski definition) is 3. The number of esters is 1. The molecule has 0 unspecified atom stereocenters. The molecule has 0 aliphatic rings. The van der Waals surface area contributed by atoms with Crippen LogP contribution in [-0.4, -0.2) is 12.3 Å². The molecular weight excluding hydrogens is 216 g/mol. The molecule has 0 radical (unpaired) electrons. The van der Waals surface area contributed by atoms with Crippen molar-refractivity contribution in [2.75, 3.05) is 0 Å². The van der Waals surface area contributed by atoms with Gasteiger partial charge in [0.25, 0.3) is 0 Å². The summed E-state index contributed by atoms with van der Waals surface area (Å²) in [5.41, 5.74) is 0.588. The van der Waals surface area contributed by atoms with Crippen LogP contribution in [-0.2, 0) is 9.59 Å². The lowest BCUT2D eigenvalue weighted by Crippen LogP contribution is -2.02. The van der Waals surface area contributed by atoms with Gasteiger partial charge in [-0.15, -0.1) is 0 Å². The number of benzene rings is 1. The first-order valence-electron chi connectivity index (χ1n) is 4.23. The summed E-state index contributed by atoms with van der Waals surface area (Å²) in [6.45, 7) is 1.31. The molecule has 0 spiro atoms. The number of aldehydes is 1. The molecule has 1 aromatic rings. The van der Waals surface area contributed by atoms with Gasteiger partial charge in [-0.25, -0.2) is 0 Å². The second kappa shape index (κ2) is 5.32. The number of hydrogen-bond donors (Lipinski definition) is 0. The van der Waals surface area contributed by atoms with Crippen LogP contribution in [0.4, 0.5) is 0 Å². The van der Waals surface area contributed by atoms with Gasteiger partial charge >= 0.3 is 5.97 Å². The Kier molecular flexibility index (Phi) is 4.06. The van der Waals surface area contributed by atoms with Gasteiger partial charge in [-0.05, 0) is 30.4 Å². The van der Waals surface area contributed by atoms with Crippen molar-refractivity contribution in [2.45, 2.75) is 6.92 Å². The normalized spacial score (nSPS) is 10.3. The third-order valence-corrected chi connectivity index (χ3v) is 1.81. The summed E-state index contributed by atoms with van der Waals surface area (Å²) in [4.78, 5) is 20.9. The van der Waals surface area contributed by atoms with Crippen LogP contribution in [0.2, 0.25) is 5.02 Å². The maximum atomic E-state index is 10.8. The monoisotopic (exact) mass is 224 g/mol. The predicted octanol–water partition coefficient (Wildman–Crippen LogP) is 2.48. The summed E-state index contributed by atoms with van der Waals surface area (Å²) in [5.74, 6) is -0.0388. The minimum atomic E-state index is -0.418. The zero-order chi connectivity index (χ0) is 11.3. The van der Waals surface area contributed by atoms with Gasteiger partial charge in [0.05, 0.1) is 0 Å². The van der Waals surface area contributed by atoms with E-state index in [0.29, 0.717) is 22.6 Å². The number of rotatable bonds is 3. The van der Waals surface area contributed by atoms with E-state index in [9.17, 15) is 9.59 Å². The van der Waals surface area contributed by atoms with Gasteiger partial charge in [0.15, 0.2) is 0 Å². The molecule has 0 aromatic heterocycles. The van der Waals surface area contributed by atoms with Crippen LogP contribution in [0.5, 0.6) is 5.75 Å². The summed E-state index contributed by atoms with van der Waals surface area (Å²) in [6, 6.07) is 4.80. The first-order valence-corrected chi connectivity index (χ1v) is 4.61. The van der Waals surface area contributed by atoms with Crippen LogP contribution < -0.4 is 4.74 Å². The highest BCUT2D eigenvalue weighted by Gasteiger charge is 2.04. The van der Waals surface area contributed by atoms with Crippen molar-refractivity contribution in [3.8, 4) is 5.75 Å². The fourth-order valence-corrected chi connectivity index (χ4v) is 1.22. The third-order valence-electron chi connectivity index (χ3n) is 1.58. The maximum absolute atomic E-state index is 10.8. The zero-order valence-corrected chi connectivity index (χ0v) is 8.82. The lowest BCUT2D eigenvalue weighted by atomic mass is 10.2. The van der Waals surface area contributed by atoms with Crippen LogP contribution in [0.15, 0.2) is 24.3 Å². The molecule has 0 fully saturated rings. The lowest BCUT2D eigenvalue weighted by Gasteiger charge is -2.05. The Morgan fingerprint density at radius 1 is 1.47 bits per heavy atom. The number of allylic oxidation sites excluding steroid dienone is 1. The smallest absolute Gasteiger partial charge is 0.308 e. The van der Waals surface area contributed by atoms with Crippen molar-refractivity contribution >= 4 is 29.9 Å². The van der Waals surface area contributed by atoms with Gasteiger partial charge in [-0.1, -0.05) is 11.6 Å². The standard InChI is InChI=1S/C11H9ClO3/c1-8(14)15-11-5-4-10(12)7-9(11)3-2-6-13/h2-7H,1H3/b3-2+. The van der Waals surface area contributed by atoms with Gasteiger partial charge in [0.2, 0.25) is 0 Å². The molecule has 0 heterocycles. The first kappa shape index (κ1) is 11.5. The van der Waals surface area contributed by atoms with Crippen molar-refractivity contribution in [2.24, 2.45) is 0 Å². The van der Waals surface area contributed by atoms with Crippen LogP contribution in [0, 0.1) is 0 Å². The fourth-order valence-electron chi connectivity index (χ4n) is 1.04. The minimum Gasteiger partial charge on any atom is -0.426 e. The largest absolute Gasteiger partial charge is 0.426 e. The summed E-state index contributed by atoms with van der Waals surface area (Å²) in [7, 11) is 0. The van der Waals surface area contributed by atoms with Gasteiger partial charge in [0, 0.05) is 17.5 Å². The van der Waals surface area contributed by atoms with E-state index < -0.39 is 5.97 Å². The molecular formula is C11H9ClO3. The predicted molar refractivity (Wildman–Crippen MR) is 57.9 cm³/mol. The highest BCUT2D eigenvalue weighted by molar-refractivity contribution is 6.30. The molecule has 0 N–H and O–H groups in total. The number of carbonyl (C=O) groups excluding carboxylic acids is 2. The Labute approximate surface area is 92.3 Å². The molecule has 1 aromatic carbocycles. The van der Waals surface area contributed by atoms with E-state index in [1.165, 1.54) is 19.1 Å². The van der Waals surface area contributed by atoms with Gasteiger partial charge in [-0.3, -0.25) is 9.59 Å². The van der Waals surface area contributed by atoms with E-state index in [1.54, 1.807) is 18.2 Å². The average Bonchev–Trinajstić information content (AvgIpc) is 2.18. The minimum absolute atomic E-state index is 0.380. The summed E-state index contributed by atoms with van der Waals surface area (Å²) in [5, 5.41) is 0.511. The second-order valence-corrected chi connectivity index (χ2v) is 3.21. The van der Waals surface area contributed by atoms with Gasteiger partial charge < -0.3 is 4.74 Å². The molecule has 0 bridgehead atoms. The molecule has 1 rings (SSSR count). The Balaban J connectivity index is 3.07. The van der Waals surface area contributed by atoms with Crippen molar-refractivity contribution < 1.29 is 14.3 Å². The third kappa shape index (κ3) is 3.56. The summed E-state index contributed by atoms with van der Waals surface area (Å²) < 4.78 is 4.93. The van der Waals surface area contributed by atoms with E-state index >= 15 is 0 Å². The second-order valence-electron chi connectivity index (χ2n) is 2.77. The highest BCUT2D eigenvalue weighted by atomic mass is 35.5. The van der Waals surface area contributed by atoms with E-state index in [-0.39, 0.29) is 0 Å². The highest BCUT2D eigenvalue weighted by Crippen LogP contribution is 2.24. The van der Waals surface area contributed by atoms with E-state index in [2.05, 4.69) is 0 Å². The molecule has 0 saturated heterocycles. The van der Waals surface area contributed by atoms with Gasteiger partial charge in [-0.2, -0.15) is 0 Å². The molecule has 15 heavy (non-hydrogen) atoms. The quantitative estimate of drug-likeness (QED) is 0.343. The maximum Gasteiger partial charge on any atom is 0.308 e. The fraction of sp³-hybridized carbons (Fsp3) is 0.0909. The van der Waals surface area contributed by atoms with E-state index in [4.69, 9.17) is 16.3 Å². The zero-order valence-electron chi connectivity index (χ0n) is 8.07. The van der Waals surface area contributed by atoms with E-state index in [0.717, 1.165) is 0 Å². The average molecular weight is 225 g/mol. The molecule has 0 atom stereocenters. The van der Waals surface area contributed by atoms with E-state index in [1.807, 2.05) is 0 Å². The van der Waals surface area contributed by atoms with Crippen molar-refractivity contribution in [1.29, 1.82) is 0 Å². The van der Waals surface area contributed by atoms with Crippen LogP contribution in [0.1, 0.15) is 12.5 Å². The summed E-state index contributed by atoms with van der Waals surface area (Å²) >= 11 is 5.77. The van der Waals surface area contributed by atoms with Crippen LogP contribution in [0.25, 0.3) is 6.08 Å². The Bertz CT molecular complexity index is 410. The molecule has 4 heteroatoms. The molecule has 3 nitrogen and oxygen atoms in total. The Morgan fingerprint density at radius 2 is 2.20 bits per heavy atom.